The van der Waals surface area contributed by atoms with E-state index in [4.69, 9.17) is 18.3 Å². The van der Waals surface area contributed by atoms with Gasteiger partial charge >= 0.3 is 0 Å². The van der Waals surface area contributed by atoms with Crippen LogP contribution in [0.25, 0.3) is 0 Å². The summed E-state index contributed by atoms with van der Waals surface area (Å²) in [4.78, 5) is 14.3. The monoisotopic (exact) mass is 762 g/mol. The first-order valence-corrected chi connectivity index (χ1v) is 24.4. The predicted molar refractivity (Wildman–Crippen MR) is 225 cm³/mol. The Morgan fingerprint density at radius 1 is 0.736 bits per heavy atom. The molecule has 0 radical (unpaired) electrons. The molecule has 53 heavy (non-hydrogen) atoms. The Bertz CT molecular complexity index is 1490. The number of Topliss-reactive ketones (excluding diaryl/α,β-unsaturated/α-hetero) is 1. The van der Waals surface area contributed by atoms with Crippen LogP contribution in [0, 0.1) is 23.7 Å². The van der Waals surface area contributed by atoms with E-state index < -0.39 is 28.7 Å². The van der Waals surface area contributed by atoms with Gasteiger partial charge in [-0.2, -0.15) is 0 Å². The lowest BCUT2D eigenvalue weighted by Gasteiger charge is -2.46. The third-order valence-corrected chi connectivity index (χ3v) is 21.1. The largest absolute Gasteiger partial charge is 0.497 e. The van der Waals surface area contributed by atoms with E-state index in [0.29, 0.717) is 13.2 Å². The lowest BCUT2D eigenvalue weighted by Crippen LogP contribution is -2.67. The molecule has 3 aromatic carbocycles. The number of aliphatic hydroxyl groups excluding tert-OH is 1. The van der Waals surface area contributed by atoms with Crippen molar-refractivity contribution in [2.24, 2.45) is 23.7 Å². The molecule has 3 aromatic rings. The molecule has 0 aliphatic carbocycles. The van der Waals surface area contributed by atoms with Crippen LogP contribution in [0.2, 0.25) is 23.2 Å². The number of carbonyl (C=O) groups excluding carboxylic acids is 1. The van der Waals surface area contributed by atoms with Crippen molar-refractivity contribution in [3.8, 4) is 5.75 Å². The summed E-state index contributed by atoms with van der Waals surface area (Å²) in [6.07, 6.45) is -1.42. The van der Waals surface area contributed by atoms with E-state index in [2.05, 4.69) is 136 Å². The van der Waals surface area contributed by atoms with Crippen LogP contribution in [-0.4, -0.2) is 59.6 Å². The SMILES string of the molecule is COc1ccc(CO[C@H](C(C)C)[C@@H](C)[C@H](O)CC(=O)[C@@H](C)[C@H](O[Si](C)(C)C(C)(C)C)[C@H](C)CO[Si](c2ccccc2)(c2ccccc2)C(C)(C)C)cc1. The van der Waals surface area contributed by atoms with Crippen molar-refractivity contribution in [3.63, 3.8) is 0 Å². The van der Waals surface area contributed by atoms with Gasteiger partial charge in [-0.25, -0.2) is 0 Å². The van der Waals surface area contributed by atoms with Crippen LogP contribution in [0.4, 0.5) is 0 Å². The summed E-state index contributed by atoms with van der Waals surface area (Å²) in [6.45, 7) is 29.2. The highest BCUT2D eigenvalue weighted by Gasteiger charge is 2.51. The third-order valence-electron chi connectivity index (χ3n) is 11.6. The van der Waals surface area contributed by atoms with E-state index in [1.165, 1.54) is 10.4 Å². The van der Waals surface area contributed by atoms with Gasteiger partial charge in [0.15, 0.2) is 8.32 Å². The summed E-state index contributed by atoms with van der Waals surface area (Å²) in [5.41, 5.74) is 1.03. The summed E-state index contributed by atoms with van der Waals surface area (Å²) >= 11 is 0. The molecular weight excluding hydrogens is 693 g/mol. The molecule has 0 fully saturated rings. The molecule has 0 aliphatic heterocycles. The van der Waals surface area contributed by atoms with Crippen molar-refractivity contribution in [1.29, 1.82) is 0 Å². The number of rotatable bonds is 19. The highest BCUT2D eigenvalue weighted by atomic mass is 28.4. The number of ketones is 1. The molecule has 8 heteroatoms. The topological polar surface area (TPSA) is 74.2 Å². The molecule has 0 amide bonds. The van der Waals surface area contributed by atoms with E-state index in [0.717, 1.165) is 11.3 Å². The maximum Gasteiger partial charge on any atom is 0.261 e. The van der Waals surface area contributed by atoms with Crippen LogP contribution in [0.5, 0.6) is 5.75 Å². The second-order valence-corrected chi connectivity index (χ2v) is 27.1. The van der Waals surface area contributed by atoms with Gasteiger partial charge in [0, 0.05) is 30.8 Å². The van der Waals surface area contributed by atoms with Crippen molar-refractivity contribution in [2.75, 3.05) is 13.7 Å². The highest BCUT2D eigenvalue weighted by molar-refractivity contribution is 6.99. The van der Waals surface area contributed by atoms with E-state index in [1.54, 1.807) is 7.11 Å². The molecule has 6 nitrogen and oxygen atoms in total. The zero-order valence-electron chi connectivity index (χ0n) is 35.2. The fourth-order valence-electron chi connectivity index (χ4n) is 7.19. The summed E-state index contributed by atoms with van der Waals surface area (Å²) in [7, 11) is -3.46. The molecule has 0 aliphatic rings. The summed E-state index contributed by atoms with van der Waals surface area (Å²) in [5.74, 6) is 0.170. The van der Waals surface area contributed by atoms with Gasteiger partial charge in [0.25, 0.3) is 8.32 Å². The summed E-state index contributed by atoms with van der Waals surface area (Å²) < 4.78 is 26.3. The molecule has 0 unspecified atom stereocenters. The molecule has 0 saturated carbocycles. The zero-order chi connectivity index (χ0) is 39.8. The van der Waals surface area contributed by atoms with Gasteiger partial charge in [-0.1, -0.05) is 149 Å². The molecule has 1 N–H and O–H groups in total. The number of hydrogen-bond donors (Lipinski definition) is 1. The van der Waals surface area contributed by atoms with Crippen LogP contribution in [-0.2, 0) is 25.0 Å². The minimum absolute atomic E-state index is 0.00279. The Labute approximate surface area is 324 Å². The first-order chi connectivity index (χ1) is 24.7. The smallest absolute Gasteiger partial charge is 0.261 e. The van der Waals surface area contributed by atoms with Crippen molar-refractivity contribution in [3.05, 3.63) is 90.5 Å². The number of benzene rings is 3. The van der Waals surface area contributed by atoms with Crippen LogP contribution < -0.4 is 15.1 Å². The van der Waals surface area contributed by atoms with E-state index in [-0.39, 0.29) is 52.2 Å². The third kappa shape index (κ3) is 11.2. The van der Waals surface area contributed by atoms with Gasteiger partial charge in [0.2, 0.25) is 0 Å². The van der Waals surface area contributed by atoms with Crippen molar-refractivity contribution >= 4 is 32.8 Å². The van der Waals surface area contributed by atoms with Gasteiger partial charge < -0.3 is 23.4 Å². The molecule has 294 valence electrons. The summed E-state index contributed by atoms with van der Waals surface area (Å²) in [6, 6.07) is 29.2. The number of hydrogen-bond acceptors (Lipinski definition) is 6. The van der Waals surface area contributed by atoms with Crippen LogP contribution in [0.15, 0.2) is 84.9 Å². The predicted octanol–water partition coefficient (Wildman–Crippen LogP) is 9.43. The molecule has 0 bridgehead atoms. The lowest BCUT2D eigenvalue weighted by molar-refractivity contribution is -0.131. The van der Waals surface area contributed by atoms with Crippen molar-refractivity contribution in [1.82, 2.24) is 0 Å². The van der Waals surface area contributed by atoms with Crippen molar-refractivity contribution in [2.45, 2.75) is 131 Å². The normalized spacial score (nSPS) is 16.5. The number of carbonyl (C=O) groups is 1. The molecule has 0 saturated heterocycles. The Morgan fingerprint density at radius 3 is 1.68 bits per heavy atom. The molecule has 0 spiro atoms. The fraction of sp³-hybridized carbons (Fsp3) is 0.578. The molecular formula is C45H70O6Si2. The average molecular weight is 763 g/mol. The molecule has 0 aromatic heterocycles. The van der Waals surface area contributed by atoms with Gasteiger partial charge in [0.1, 0.15) is 11.5 Å². The first kappa shape index (κ1) is 44.8. The quantitative estimate of drug-likeness (QED) is 0.123. The maximum atomic E-state index is 14.3. The Balaban J connectivity index is 1.88. The van der Waals surface area contributed by atoms with Gasteiger partial charge in [-0.15, -0.1) is 0 Å². The minimum atomic E-state index is -2.81. The molecule has 6 atom stereocenters. The second kappa shape index (κ2) is 18.8. The van der Waals surface area contributed by atoms with Crippen molar-refractivity contribution < 1.29 is 28.2 Å². The molecule has 3 rings (SSSR count). The van der Waals surface area contributed by atoms with Crippen LogP contribution in [0.1, 0.15) is 88.1 Å². The number of methoxy groups -OCH3 is 1. The molecule has 0 heterocycles. The Kier molecular flexibility index (Phi) is 15.9. The zero-order valence-corrected chi connectivity index (χ0v) is 37.2. The van der Waals surface area contributed by atoms with Gasteiger partial charge in [-0.05, 0) is 57.2 Å². The second-order valence-electron chi connectivity index (χ2n) is 18.0. The summed E-state index contributed by atoms with van der Waals surface area (Å²) in [5, 5.41) is 13.8. The maximum absolute atomic E-state index is 14.3. The lowest BCUT2D eigenvalue weighted by atomic mass is 9.84. The average Bonchev–Trinajstić information content (AvgIpc) is 3.10. The fourth-order valence-corrected chi connectivity index (χ4v) is 13.3. The number of aliphatic hydroxyl groups is 1. The van der Waals surface area contributed by atoms with Gasteiger partial charge in [-0.3, -0.25) is 4.79 Å². The Morgan fingerprint density at radius 2 is 1.25 bits per heavy atom. The van der Waals surface area contributed by atoms with E-state index in [1.807, 2.05) is 38.1 Å². The van der Waals surface area contributed by atoms with Crippen LogP contribution in [0.3, 0.4) is 0 Å². The number of ether oxygens (including phenoxy) is 2. The van der Waals surface area contributed by atoms with E-state index in [9.17, 15) is 9.90 Å². The van der Waals surface area contributed by atoms with E-state index >= 15 is 0 Å². The minimum Gasteiger partial charge on any atom is -0.497 e. The van der Waals surface area contributed by atoms with Crippen LogP contribution >= 0.6 is 0 Å². The standard InChI is InChI=1S/C45H70O6Si2/c1-32(2)42(49-31-36-25-27-37(48-12)28-26-36)34(4)40(46)29-41(47)35(5)43(51-52(13,14)44(6,7)8)33(3)30-50-53(45(9,10)11,38-21-17-15-18-22-38)39-23-19-16-20-24-39/h15-28,32-35,40,42-43,46H,29-31H2,1-14H3/t33-,34+,35-,40-,42-,43-/m1/s1. The Hall–Kier alpha value is -2.60. The first-order valence-electron chi connectivity index (χ1n) is 19.5. The van der Waals surface area contributed by atoms with Gasteiger partial charge in [0.05, 0.1) is 32.0 Å². The highest BCUT2D eigenvalue weighted by Crippen LogP contribution is 2.41.